The average molecular weight is 664 g/mol. The number of aromatic carboxylic acids is 1. The number of nitrogens with zero attached hydrogens (tertiary/aromatic N) is 3. The van der Waals surface area contributed by atoms with Gasteiger partial charge in [-0.1, -0.05) is 70.4 Å². The number of fused-ring (bicyclic) bond motifs is 1. The van der Waals surface area contributed by atoms with Gasteiger partial charge in [0.15, 0.2) is 0 Å². The summed E-state index contributed by atoms with van der Waals surface area (Å²) in [5, 5.41) is 11.1. The lowest BCUT2D eigenvalue weighted by Gasteiger charge is -2.38. The fourth-order valence-corrected chi connectivity index (χ4v) is 7.33. The smallest absolute Gasteiger partial charge is 0.335 e. The molecule has 49 heavy (non-hydrogen) atoms. The molecule has 0 radical (unpaired) electrons. The van der Waals surface area contributed by atoms with Gasteiger partial charge in [0.05, 0.1) is 42.6 Å². The summed E-state index contributed by atoms with van der Waals surface area (Å²) in [6.45, 7) is 15.0. The van der Waals surface area contributed by atoms with Crippen LogP contribution in [0.5, 0.6) is 0 Å². The molecule has 1 amide bonds. The molecule has 2 fully saturated rings. The fourth-order valence-electron chi connectivity index (χ4n) is 7.33. The van der Waals surface area contributed by atoms with Crippen molar-refractivity contribution >= 4 is 28.5 Å². The molecule has 2 heterocycles. The molecule has 6 rings (SSSR count). The van der Waals surface area contributed by atoms with E-state index in [0.717, 1.165) is 39.0 Å². The number of carboxylic acids is 1. The van der Waals surface area contributed by atoms with Gasteiger partial charge in [0.1, 0.15) is 0 Å². The number of aryl methyl sites for hydroxylation is 2. The summed E-state index contributed by atoms with van der Waals surface area (Å²) in [7, 11) is 0. The lowest BCUT2D eigenvalue weighted by Crippen LogP contribution is -2.46. The van der Waals surface area contributed by atoms with Crippen molar-refractivity contribution in [1.29, 1.82) is 0 Å². The minimum atomic E-state index is -0.966. The Morgan fingerprint density at radius 3 is 2.33 bits per heavy atom. The zero-order valence-electron chi connectivity index (χ0n) is 30.2. The maximum Gasteiger partial charge on any atom is 0.335 e. The summed E-state index contributed by atoms with van der Waals surface area (Å²) in [6.07, 6.45) is 6.07. The lowest BCUT2D eigenvalue weighted by atomic mass is 9.77. The van der Waals surface area contributed by atoms with Gasteiger partial charge in [-0.2, -0.15) is 0 Å². The number of morpholine rings is 1. The monoisotopic (exact) mass is 663 g/mol. The molecule has 1 N–H and O–H groups in total. The van der Waals surface area contributed by atoms with Crippen molar-refractivity contribution < 1.29 is 19.4 Å². The summed E-state index contributed by atoms with van der Waals surface area (Å²) >= 11 is 0. The number of hydrogen-bond donors (Lipinski definition) is 1. The van der Waals surface area contributed by atoms with Gasteiger partial charge >= 0.3 is 5.97 Å². The third kappa shape index (κ3) is 8.33. The topological polar surface area (TPSA) is 83.0 Å². The molecule has 7 nitrogen and oxygen atoms in total. The van der Waals surface area contributed by atoms with Crippen LogP contribution in [0.25, 0.3) is 22.2 Å². The van der Waals surface area contributed by atoms with Gasteiger partial charge in [-0.15, -0.1) is 0 Å². The highest BCUT2D eigenvalue weighted by molar-refractivity contribution is 5.90. The van der Waals surface area contributed by atoms with E-state index in [1.807, 2.05) is 24.8 Å². The van der Waals surface area contributed by atoms with E-state index in [1.165, 1.54) is 43.2 Å². The van der Waals surface area contributed by atoms with Gasteiger partial charge in [0.25, 0.3) is 0 Å². The lowest BCUT2D eigenvalue weighted by molar-refractivity contribution is -0.133. The van der Waals surface area contributed by atoms with E-state index in [0.29, 0.717) is 32.2 Å². The SMILES string of the molecule is CC.Cc1ccc(-c2ccc3cc(C(C)N(CC(=O)N4CCOCC4)c4cc(C(=O)O)ccc4C(C)C4CCCCC4)ccc3n2)cc1C. The van der Waals surface area contributed by atoms with Gasteiger partial charge in [0, 0.05) is 29.7 Å². The van der Waals surface area contributed by atoms with E-state index in [4.69, 9.17) is 9.72 Å². The van der Waals surface area contributed by atoms with Crippen molar-refractivity contribution in [3.8, 4) is 11.3 Å². The molecule has 1 saturated carbocycles. The molecule has 1 saturated heterocycles. The number of amides is 1. The highest BCUT2D eigenvalue weighted by atomic mass is 16.5. The molecule has 1 aliphatic carbocycles. The molecule has 2 unspecified atom stereocenters. The maximum absolute atomic E-state index is 13.9. The molecule has 0 spiro atoms. The van der Waals surface area contributed by atoms with Gasteiger partial charge in [-0.3, -0.25) is 4.79 Å². The number of carbonyl (C=O) groups is 2. The Kier molecular flexibility index (Phi) is 12.1. The third-order valence-electron chi connectivity index (χ3n) is 10.6. The first-order valence-corrected chi connectivity index (χ1v) is 18.2. The molecular weight excluding hydrogens is 610 g/mol. The normalized spacial score (nSPS) is 16.4. The Hall–Kier alpha value is -4.23. The van der Waals surface area contributed by atoms with Crippen LogP contribution in [0.15, 0.2) is 66.7 Å². The van der Waals surface area contributed by atoms with E-state index >= 15 is 0 Å². The number of carboxylic acid groups (broad SMARTS) is 1. The molecule has 1 aliphatic heterocycles. The van der Waals surface area contributed by atoms with Crippen LogP contribution in [0.3, 0.4) is 0 Å². The Bertz CT molecular complexity index is 1760. The Morgan fingerprint density at radius 2 is 1.63 bits per heavy atom. The number of pyridine rings is 1. The van der Waals surface area contributed by atoms with Crippen LogP contribution in [0.1, 0.15) is 104 Å². The molecule has 4 aromatic rings. The number of hydrogen-bond acceptors (Lipinski definition) is 5. The number of carbonyl (C=O) groups excluding carboxylic acids is 1. The highest BCUT2D eigenvalue weighted by Gasteiger charge is 2.30. The molecular formula is C42H53N3O4. The number of aromatic nitrogens is 1. The molecule has 7 heteroatoms. The van der Waals surface area contributed by atoms with Crippen LogP contribution in [0.2, 0.25) is 0 Å². The summed E-state index contributed by atoms with van der Waals surface area (Å²) in [5.74, 6) is -0.168. The second-order valence-corrected chi connectivity index (χ2v) is 13.5. The van der Waals surface area contributed by atoms with Crippen LogP contribution in [-0.4, -0.2) is 59.7 Å². The van der Waals surface area contributed by atoms with Gasteiger partial charge < -0.3 is 19.6 Å². The quantitative estimate of drug-likeness (QED) is 0.192. The summed E-state index contributed by atoms with van der Waals surface area (Å²) < 4.78 is 5.53. The van der Waals surface area contributed by atoms with Crippen LogP contribution in [-0.2, 0) is 9.53 Å². The van der Waals surface area contributed by atoms with Crippen LogP contribution in [0.4, 0.5) is 5.69 Å². The third-order valence-corrected chi connectivity index (χ3v) is 10.6. The van der Waals surface area contributed by atoms with Crippen molar-refractivity contribution in [3.05, 3.63) is 94.5 Å². The predicted molar refractivity (Wildman–Crippen MR) is 200 cm³/mol. The minimum absolute atomic E-state index is 0.0256. The van der Waals surface area contributed by atoms with Gasteiger partial charge in [-0.05, 0) is 104 Å². The zero-order chi connectivity index (χ0) is 35.1. The first-order valence-electron chi connectivity index (χ1n) is 18.2. The van der Waals surface area contributed by atoms with E-state index in [9.17, 15) is 14.7 Å². The molecule has 2 aliphatic rings. The number of rotatable bonds is 9. The van der Waals surface area contributed by atoms with Crippen LogP contribution < -0.4 is 4.90 Å². The number of anilines is 1. The number of benzene rings is 3. The Labute approximate surface area is 292 Å². The maximum atomic E-state index is 13.9. The van der Waals surface area contributed by atoms with Crippen molar-refractivity contribution in [3.63, 3.8) is 0 Å². The minimum Gasteiger partial charge on any atom is -0.478 e. The zero-order valence-corrected chi connectivity index (χ0v) is 30.2. The summed E-state index contributed by atoms with van der Waals surface area (Å²) in [6, 6.07) is 22.3. The fraction of sp³-hybridized carbons (Fsp3) is 0.452. The van der Waals surface area contributed by atoms with Gasteiger partial charge in [-0.25, -0.2) is 9.78 Å². The standard InChI is InChI=1S/C40H47N3O4.C2H6/c1-26-10-11-32(22-27(26)2)36-17-14-33-23-31(13-16-37(33)41-36)29(4)43(25-39(44)42-18-20-47-21-19-42)38-24-34(40(45)46)12-15-35(38)28(3)30-8-6-5-7-9-30;1-2/h10-17,22-24,28-30H,5-9,18-21,25H2,1-4H3,(H,45,46);1-2H3. The van der Waals surface area contributed by atoms with E-state index in [-0.39, 0.29) is 30.0 Å². The largest absolute Gasteiger partial charge is 0.478 e. The van der Waals surface area contributed by atoms with Crippen LogP contribution in [0, 0.1) is 19.8 Å². The average Bonchev–Trinajstić information content (AvgIpc) is 3.15. The van der Waals surface area contributed by atoms with Crippen molar-refractivity contribution in [2.45, 2.75) is 85.6 Å². The second-order valence-electron chi connectivity index (χ2n) is 13.5. The molecule has 260 valence electrons. The molecule has 2 atom stereocenters. The van der Waals surface area contributed by atoms with E-state index < -0.39 is 5.97 Å². The van der Waals surface area contributed by atoms with E-state index in [2.05, 4.69) is 81.1 Å². The predicted octanol–water partition coefficient (Wildman–Crippen LogP) is 9.35. The summed E-state index contributed by atoms with van der Waals surface area (Å²) in [5.41, 5.74) is 8.67. The Morgan fingerprint density at radius 1 is 0.898 bits per heavy atom. The molecule has 1 aromatic heterocycles. The molecule has 0 bridgehead atoms. The van der Waals surface area contributed by atoms with Crippen molar-refractivity contribution in [2.75, 3.05) is 37.7 Å². The highest BCUT2D eigenvalue weighted by Crippen LogP contribution is 2.42. The summed E-state index contributed by atoms with van der Waals surface area (Å²) in [4.78, 5) is 35.1. The van der Waals surface area contributed by atoms with Crippen molar-refractivity contribution in [2.24, 2.45) is 5.92 Å². The first-order chi connectivity index (χ1) is 23.7. The second kappa shape index (κ2) is 16.4. The van der Waals surface area contributed by atoms with E-state index in [1.54, 1.807) is 12.1 Å². The first kappa shape index (κ1) is 36.1. The Balaban J connectivity index is 0.00000230. The van der Waals surface area contributed by atoms with Crippen molar-refractivity contribution in [1.82, 2.24) is 9.88 Å². The van der Waals surface area contributed by atoms with Gasteiger partial charge in [0.2, 0.25) is 5.91 Å². The number of ether oxygens (including phenoxy) is 1. The van der Waals surface area contributed by atoms with Crippen LogP contribution >= 0.6 is 0 Å². The molecule has 3 aromatic carbocycles.